The van der Waals surface area contributed by atoms with Crippen molar-refractivity contribution in [3.63, 3.8) is 0 Å². The van der Waals surface area contributed by atoms with Crippen molar-refractivity contribution in [1.82, 2.24) is 10.6 Å². The van der Waals surface area contributed by atoms with Gasteiger partial charge in [-0.15, -0.1) is 0 Å². The SMILES string of the molecule is COc1cccc(CNC(=O)Cc2cccc(CC(C)(C)NC[C@H](O)c3ccc(O)c(NC(N)=O)c3)c2)c1. The average molecular weight is 521 g/mol. The Bertz CT molecular complexity index is 1260. The molecule has 0 fully saturated rings. The highest BCUT2D eigenvalue weighted by atomic mass is 16.5. The molecule has 3 aromatic rings. The molecule has 202 valence electrons. The number of benzene rings is 3. The second-order valence-corrected chi connectivity index (χ2v) is 9.85. The van der Waals surface area contributed by atoms with E-state index >= 15 is 0 Å². The Labute approximate surface area is 223 Å². The molecule has 3 rings (SSSR count). The van der Waals surface area contributed by atoms with Gasteiger partial charge in [0.05, 0.1) is 25.3 Å². The van der Waals surface area contributed by atoms with Gasteiger partial charge < -0.3 is 36.6 Å². The van der Waals surface area contributed by atoms with Crippen LogP contribution in [0.5, 0.6) is 11.5 Å². The number of aliphatic hydroxyl groups is 1. The topological polar surface area (TPSA) is 146 Å². The number of primary amides is 1. The van der Waals surface area contributed by atoms with E-state index in [1.165, 1.54) is 12.1 Å². The summed E-state index contributed by atoms with van der Waals surface area (Å²) in [5.41, 5.74) is 8.38. The van der Waals surface area contributed by atoms with E-state index in [-0.39, 0.29) is 35.8 Å². The van der Waals surface area contributed by atoms with Crippen LogP contribution < -0.4 is 26.4 Å². The molecule has 0 bridgehead atoms. The zero-order valence-electron chi connectivity index (χ0n) is 22.0. The predicted molar refractivity (Wildman–Crippen MR) is 147 cm³/mol. The number of aliphatic hydroxyl groups excluding tert-OH is 1. The predicted octanol–water partition coefficient (Wildman–Crippen LogP) is 3.39. The van der Waals surface area contributed by atoms with Crippen LogP contribution in [0.25, 0.3) is 0 Å². The molecule has 0 aliphatic rings. The van der Waals surface area contributed by atoms with E-state index < -0.39 is 12.1 Å². The summed E-state index contributed by atoms with van der Waals surface area (Å²) < 4.78 is 5.23. The van der Waals surface area contributed by atoms with Gasteiger partial charge in [0.25, 0.3) is 0 Å². The molecule has 3 aromatic carbocycles. The quantitative estimate of drug-likeness (QED) is 0.202. The van der Waals surface area contributed by atoms with Crippen molar-refractivity contribution in [3.8, 4) is 11.5 Å². The van der Waals surface area contributed by atoms with E-state index in [1.807, 2.05) is 62.4 Å². The van der Waals surface area contributed by atoms with Crippen LogP contribution in [0.1, 0.15) is 42.2 Å². The van der Waals surface area contributed by atoms with Gasteiger partial charge in [0.1, 0.15) is 11.5 Å². The lowest BCUT2D eigenvalue weighted by atomic mass is 9.93. The number of aromatic hydroxyl groups is 1. The number of nitrogens with one attached hydrogen (secondary N) is 3. The molecule has 0 aliphatic carbocycles. The molecule has 9 heteroatoms. The third kappa shape index (κ3) is 8.79. The molecule has 0 saturated heterocycles. The van der Waals surface area contributed by atoms with Crippen LogP contribution in [0.3, 0.4) is 0 Å². The van der Waals surface area contributed by atoms with Crippen molar-refractivity contribution < 1.29 is 24.5 Å². The first-order valence-corrected chi connectivity index (χ1v) is 12.3. The average Bonchev–Trinajstić information content (AvgIpc) is 2.87. The molecule has 9 nitrogen and oxygen atoms in total. The number of phenols is 1. The monoisotopic (exact) mass is 520 g/mol. The summed E-state index contributed by atoms with van der Waals surface area (Å²) in [6.45, 7) is 4.74. The Morgan fingerprint density at radius 3 is 2.45 bits per heavy atom. The number of anilines is 1. The molecule has 0 radical (unpaired) electrons. The molecule has 0 heterocycles. The first-order chi connectivity index (χ1) is 18.0. The van der Waals surface area contributed by atoms with Gasteiger partial charge in [0.15, 0.2) is 0 Å². The number of urea groups is 1. The summed E-state index contributed by atoms with van der Waals surface area (Å²) in [7, 11) is 1.61. The van der Waals surface area contributed by atoms with Crippen molar-refractivity contribution in [2.24, 2.45) is 5.73 Å². The number of hydrogen-bond donors (Lipinski definition) is 6. The number of methoxy groups -OCH3 is 1. The zero-order valence-corrected chi connectivity index (χ0v) is 22.0. The van der Waals surface area contributed by atoms with Crippen molar-refractivity contribution in [2.45, 2.75) is 44.9 Å². The summed E-state index contributed by atoms with van der Waals surface area (Å²) in [4.78, 5) is 23.7. The fraction of sp³-hybridized carbons (Fsp3) is 0.310. The lowest BCUT2D eigenvalue weighted by molar-refractivity contribution is -0.120. The maximum absolute atomic E-state index is 12.5. The van der Waals surface area contributed by atoms with E-state index in [4.69, 9.17) is 10.5 Å². The van der Waals surface area contributed by atoms with Crippen LogP contribution in [-0.2, 0) is 24.2 Å². The Morgan fingerprint density at radius 2 is 1.71 bits per heavy atom. The van der Waals surface area contributed by atoms with Crippen LogP contribution in [0.15, 0.2) is 66.7 Å². The minimum atomic E-state index is -0.872. The first-order valence-electron chi connectivity index (χ1n) is 12.3. The molecule has 38 heavy (non-hydrogen) atoms. The number of phenolic OH excluding ortho intramolecular Hbond substituents is 1. The fourth-order valence-corrected chi connectivity index (χ4v) is 4.14. The highest BCUT2D eigenvalue weighted by Crippen LogP contribution is 2.27. The molecule has 0 spiro atoms. The summed E-state index contributed by atoms with van der Waals surface area (Å²) in [6.07, 6.45) is 0.0681. The molecule has 3 amide bonds. The van der Waals surface area contributed by atoms with Crippen molar-refractivity contribution in [3.05, 3.63) is 89.0 Å². The summed E-state index contributed by atoms with van der Waals surface area (Å²) in [5, 5.41) is 29.2. The number of β-amino-alcohol motifs (C(OH)–C–C–N with tert-alkyl or cyclic N) is 1. The molecular weight excluding hydrogens is 484 g/mol. The Kier molecular flexibility index (Phi) is 9.70. The molecule has 0 unspecified atom stereocenters. The summed E-state index contributed by atoms with van der Waals surface area (Å²) >= 11 is 0. The van der Waals surface area contributed by atoms with E-state index in [1.54, 1.807) is 13.2 Å². The van der Waals surface area contributed by atoms with Crippen molar-refractivity contribution in [1.29, 1.82) is 0 Å². The van der Waals surface area contributed by atoms with Gasteiger partial charge in [-0.2, -0.15) is 0 Å². The highest BCUT2D eigenvalue weighted by molar-refractivity contribution is 5.89. The van der Waals surface area contributed by atoms with E-state index in [9.17, 15) is 19.8 Å². The molecule has 0 saturated carbocycles. The van der Waals surface area contributed by atoms with E-state index in [2.05, 4.69) is 16.0 Å². The minimum Gasteiger partial charge on any atom is -0.506 e. The van der Waals surface area contributed by atoms with Gasteiger partial charge in [-0.1, -0.05) is 42.5 Å². The highest BCUT2D eigenvalue weighted by Gasteiger charge is 2.21. The maximum Gasteiger partial charge on any atom is 0.316 e. The Morgan fingerprint density at radius 1 is 1.00 bits per heavy atom. The number of rotatable bonds is 12. The van der Waals surface area contributed by atoms with Crippen molar-refractivity contribution >= 4 is 17.6 Å². The van der Waals surface area contributed by atoms with Gasteiger partial charge in [0, 0.05) is 18.6 Å². The normalized spacial score (nSPS) is 12.0. The number of ether oxygens (including phenoxy) is 1. The number of carbonyl (C=O) groups is 2. The third-order valence-electron chi connectivity index (χ3n) is 6.06. The molecule has 0 aromatic heterocycles. The number of nitrogens with two attached hydrogens (primary N) is 1. The third-order valence-corrected chi connectivity index (χ3v) is 6.06. The van der Waals surface area contributed by atoms with E-state index in [0.717, 1.165) is 22.4 Å². The zero-order chi connectivity index (χ0) is 27.7. The Hall–Kier alpha value is -4.08. The van der Waals surface area contributed by atoms with Crippen molar-refractivity contribution in [2.75, 3.05) is 19.0 Å². The molecule has 1 atom stereocenters. The maximum atomic E-state index is 12.5. The minimum absolute atomic E-state index is 0.0652. The largest absolute Gasteiger partial charge is 0.506 e. The second-order valence-electron chi connectivity index (χ2n) is 9.85. The Balaban J connectivity index is 1.53. The first kappa shape index (κ1) is 28.5. The molecular formula is C29H36N4O5. The summed E-state index contributed by atoms with van der Waals surface area (Å²) in [6, 6.07) is 19.2. The summed E-state index contributed by atoms with van der Waals surface area (Å²) in [5.74, 6) is 0.549. The van der Waals surface area contributed by atoms with Crippen LogP contribution in [0.4, 0.5) is 10.5 Å². The van der Waals surface area contributed by atoms with Crippen LogP contribution >= 0.6 is 0 Å². The van der Waals surface area contributed by atoms with Gasteiger partial charge in [-0.3, -0.25) is 4.79 Å². The lowest BCUT2D eigenvalue weighted by Crippen LogP contribution is -2.43. The van der Waals surface area contributed by atoms with Gasteiger partial charge in [-0.25, -0.2) is 4.79 Å². The standard InChI is InChI=1S/C29H36N4O5/c1-29(2,32-18-26(35)22-10-11-25(34)24(15-22)33-28(30)37)16-20-7-4-6-19(12-20)14-27(36)31-17-21-8-5-9-23(13-21)38-3/h4-13,15,26,32,34-35H,14,16-18H2,1-3H3,(H,31,36)(H3,30,33,37)/t26-/m0/s1. The van der Waals surface area contributed by atoms with Gasteiger partial charge in [0.2, 0.25) is 5.91 Å². The number of hydrogen-bond acceptors (Lipinski definition) is 6. The van der Waals surface area contributed by atoms with Crippen LogP contribution in [-0.4, -0.2) is 41.3 Å². The smallest absolute Gasteiger partial charge is 0.316 e. The van der Waals surface area contributed by atoms with Gasteiger partial charge >= 0.3 is 6.03 Å². The lowest BCUT2D eigenvalue weighted by Gasteiger charge is -2.28. The fourth-order valence-electron chi connectivity index (χ4n) is 4.14. The van der Waals surface area contributed by atoms with Crippen LogP contribution in [0.2, 0.25) is 0 Å². The number of amides is 3. The number of carbonyl (C=O) groups excluding carboxylic acids is 2. The van der Waals surface area contributed by atoms with E-state index in [0.29, 0.717) is 18.5 Å². The van der Waals surface area contributed by atoms with Crippen LogP contribution in [0, 0.1) is 0 Å². The van der Waals surface area contributed by atoms with Gasteiger partial charge in [-0.05, 0) is 66.8 Å². The molecule has 7 N–H and O–H groups in total. The second kappa shape index (κ2) is 12.9. The molecule has 0 aliphatic heterocycles.